The monoisotopic (exact) mass is 505 g/mol. The zero-order chi connectivity index (χ0) is 26.3. The fraction of sp³-hybridized carbons (Fsp3) is 0.345. The number of ether oxygens (including phenoxy) is 6. The Bertz CT molecular complexity index is 1370. The third kappa shape index (κ3) is 4.01. The molecule has 194 valence electrons. The van der Waals surface area contributed by atoms with E-state index in [0.717, 1.165) is 42.4 Å². The number of methoxy groups -OCH3 is 5. The van der Waals surface area contributed by atoms with Crippen molar-refractivity contribution in [3.8, 4) is 51.4 Å². The number of rotatable bonds is 8. The van der Waals surface area contributed by atoms with Crippen molar-refractivity contribution in [1.29, 1.82) is 0 Å². The van der Waals surface area contributed by atoms with Gasteiger partial charge >= 0.3 is 0 Å². The van der Waals surface area contributed by atoms with Gasteiger partial charge in [-0.3, -0.25) is 9.69 Å². The van der Waals surface area contributed by atoms with Gasteiger partial charge in [0.15, 0.2) is 40.8 Å². The van der Waals surface area contributed by atoms with Crippen molar-refractivity contribution < 1.29 is 33.2 Å². The molecule has 0 unspecified atom stereocenters. The molecule has 1 atom stereocenters. The SMILES string of the molecule is COc1cc(C=O)c(Oc2cc3c(cc2OC)-c2c(OC)c(OC)cc4c2[C@H](C3)N(C)CC4)cc1OC. The quantitative estimate of drug-likeness (QED) is 0.392. The first-order valence-corrected chi connectivity index (χ1v) is 12.1. The van der Waals surface area contributed by atoms with Crippen LogP contribution in [0.3, 0.4) is 0 Å². The van der Waals surface area contributed by atoms with Gasteiger partial charge in [-0.05, 0) is 66.4 Å². The van der Waals surface area contributed by atoms with Crippen LogP contribution < -0.4 is 28.4 Å². The molecule has 0 saturated heterocycles. The maximum atomic E-state index is 11.9. The van der Waals surface area contributed by atoms with Gasteiger partial charge in [0.25, 0.3) is 0 Å². The van der Waals surface area contributed by atoms with E-state index >= 15 is 0 Å². The summed E-state index contributed by atoms with van der Waals surface area (Å²) in [4.78, 5) is 14.2. The van der Waals surface area contributed by atoms with Crippen LogP contribution in [0.2, 0.25) is 0 Å². The van der Waals surface area contributed by atoms with Crippen molar-refractivity contribution in [2.75, 3.05) is 49.1 Å². The molecule has 3 aromatic carbocycles. The predicted octanol–water partition coefficient (Wildman–Crippen LogP) is 5.09. The van der Waals surface area contributed by atoms with Crippen LogP contribution >= 0.6 is 0 Å². The van der Waals surface area contributed by atoms with Gasteiger partial charge in [-0.2, -0.15) is 0 Å². The summed E-state index contributed by atoms with van der Waals surface area (Å²) >= 11 is 0. The summed E-state index contributed by atoms with van der Waals surface area (Å²) in [5.41, 5.74) is 6.03. The fourth-order valence-corrected chi connectivity index (χ4v) is 5.47. The van der Waals surface area contributed by atoms with E-state index in [1.54, 1.807) is 33.5 Å². The van der Waals surface area contributed by atoms with E-state index in [0.29, 0.717) is 45.8 Å². The molecular formula is C29H31NO7. The number of aldehydes is 1. The van der Waals surface area contributed by atoms with Crippen LogP contribution in [-0.2, 0) is 12.8 Å². The highest BCUT2D eigenvalue weighted by atomic mass is 16.5. The molecule has 8 heteroatoms. The molecule has 0 radical (unpaired) electrons. The highest BCUT2D eigenvalue weighted by molar-refractivity contribution is 5.85. The topological polar surface area (TPSA) is 75.7 Å². The Morgan fingerprint density at radius 2 is 1.41 bits per heavy atom. The lowest BCUT2D eigenvalue weighted by molar-refractivity contribution is 0.112. The van der Waals surface area contributed by atoms with Gasteiger partial charge in [0.05, 0.1) is 41.1 Å². The molecule has 0 N–H and O–H groups in total. The predicted molar refractivity (Wildman–Crippen MR) is 139 cm³/mol. The Labute approximate surface area is 216 Å². The Morgan fingerprint density at radius 1 is 0.757 bits per heavy atom. The minimum absolute atomic E-state index is 0.193. The first-order chi connectivity index (χ1) is 18.0. The molecule has 8 nitrogen and oxygen atoms in total. The number of nitrogens with zero attached hydrogens (tertiary/aromatic N) is 1. The van der Waals surface area contributed by atoms with Crippen molar-refractivity contribution in [2.45, 2.75) is 18.9 Å². The molecule has 0 amide bonds. The lowest BCUT2D eigenvalue weighted by Crippen LogP contribution is -2.35. The van der Waals surface area contributed by atoms with E-state index in [1.807, 2.05) is 12.1 Å². The molecule has 0 spiro atoms. The summed E-state index contributed by atoms with van der Waals surface area (Å²) in [6, 6.07) is 9.51. The highest BCUT2D eigenvalue weighted by Gasteiger charge is 2.37. The van der Waals surface area contributed by atoms with Crippen LogP contribution in [0.5, 0.6) is 40.2 Å². The summed E-state index contributed by atoms with van der Waals surface area (Å²) in [6.45, 7) is 0.954. The Kier molecular flexibility index (Phi) is 6.60. The zero-order valence-corrected chi connectivity index (χ0v) is 22.0. The van der Waals surface area contributed by atoms with Gasteiger partial charge in [0.2, 0.25) is 0 Å². The van der Waals surface area contributed by atoms with Crippen molar-refractivity contribution in [3.05, 3.63) is 52.6 Å². The van der Waals surface area contributed by atoms with Gasteiger partial charge < -0.3 is 28.4 Å². The van der Waals surface area contributed by atoms with E-state index in [4.69, 9.17) is 28.4 Å². The molecule has 1 aliphatic heterocycles. The van der Waals surface area contributed by atoms with Crippen LogP contribution in [0.15, 0.2) is 30.3 Å². The third-order valence-electron chi connectivity index (χ3n) is 7.33. The molecule has 5 rings (SSSR count). The van der Waals surface area contributed by atoms with Gasteiger partial charge in [0, 0.05) is 24.2 Å². The van der Waals surface area contributed by atoms with Crippen molar-refractivity contribution in [1.82, 2.24) is 4.90 Å². The standard InChI is InChI=1S/C29H31NO7/c1-30-8-7-16-10-26(35-5)29(36-6)28-19-13-23(33-3)25(11-17(19)9-20(30)27(16)28)37-21-14-24(34-4)22(32-2)12-18(21)15-31/h10-15,20H,7-9H2,1-6H3/t20-/m0/s1. The Hall–Kier alpha value is -3.91. The molecule has 0 saturated carbocycles. The maximum Gasteiger partial charge on any atom is 0.169 e. The number of carbonyl (C=O) groups excluding carboxylic acids is 1. The molecule has 1 aliphatic carbocycles. The van der Waals surface area contributed by atoms with Crippen LogP contribution in [0.4, 0.5) is 0 Å². The maximum absolute atomic E-state index is 11.9. The molecule has 37 heavy (non-hydrogen) atoms. The summed E-state index contributed by atoms with van der Waals surface area (Å²) in [6.07, 6.45) is 2.47. The summed E-state index contributed by atoms with van der Waals surface area (Å²) in [7, 11) is 10.1. The number of hydrogen-bond acceptors (Lipinski definition) is 8. The van der Waals surface area contributed by atoms with Gasteiger partial charge in [-0.15, -0.1) is 0 Å². The average molecular weight is 506 g/mol. The van der Waals surface area contributed by atoms with E-state index in [2.05, 4.69) is 18.0 Å². The number of carbonyl (C=O) groups is 1. The second-order valence-corrected chi connectivity index (χ2v) is 9.14. The van der Waals surface area contributed by atoms with Crippen LogP contribution in [0.1, 0.15) is 33.1 Å². The second kappa shape index (κ2) is 9.86. The summed E-state index contributed by atoms with van der Waals surface area (Å²) in [5.74, 6) is 3.71. The third-order valence-corrected chi connectivity index (χ3v) is 7.33. The highest BCUT2D eigenvalue weighted by Crippen LogP contribution is 2.54. The summed E-state index contributed by atoms with van der Waals surface area (Å²) in [5, 5.41) is 0. The lowest BCUT2D eigenvalue weighted by atomic mass is 9.76. The van der Waals surface area contributed by atoms with Crippen LogP contribution in [-0.4, -0.2) is 60.3 Å². The molecule has 0 bridgehead atoms. The lowest BCUT2D eigenvalue weighted by Gasteiger charge is -2.40. The van der Waals surface area contributed by atoms with Crippen molar-refractivity contribution >= 4 is 6.29 Å². The fourth-order valence-electron chi connectivity index (χ4n) is 5.47. The molecular weight excluding hydrogens is 474 g/mol. The van der Waals surface area contributed by atoms with Crippen LogP contribution in [0.25, 0.3) is 11.1 Å². The minimum Gasteiger partial charge on any atom is -0.493 e. The second-order valence-electron chi connectivity index (χ2n) is 9.14. The first kappa shape index (κ1) is 24.8. The molecule has 1 heterocycles. The normalized spacial score (nSPS) is 15.8. The van der Waals surface area contributed by atoms with Crippen molar-refractivity contribution in [2.24, 2.45) is 0 Å². The van der Waals surface area contributed by atoms with Gasteiger partial charge in [-0.1, -0.05) is 0 Å². The molecule has 0 aromatic heterocycles. The minimum atomic E-state index is 0.193. The largest absolute Gasteiger partial charge is 0.493 e. The van der Waals surface area contributed by atoms with Gasteiger partial charge in [-0.25, -0.2) is 0 Å². The average Bonchev–Trinajstić information content (AvgIpc) is 2.93. The van der Waals surface area contributed by atoms with E-state index in [1.165, 1.54) is 25.3 Å². The Morgan fingerprint density at radius 3 is 2.05 bits per heavy atom. The zero-order valence-electron chi connectivity index (χ0n) is 22.0. The molecule has 3 aromatic rings. The van der Waals surface area contributed by atoms with Crippen LogP contribution in [0, 0.1) is 0 Å². The number of hydrogen-bond donors (Lipinski definition) is 0. The molecule has 0 fully saturated rings. The molecule has 2 aliphatic rings. The van der Waals surface area contributed by atoms with Gasteiger partial charge in [0.1, 0.15) is 5.75 Å². The smallest absolute Gasteiger partial charge is 0.169 e. The first-order valence-electron chi connectivity index (χ1n) is 12.1. The van der Waals surface area contributed by atoms with Crippen molar-refractivity contribution in [3.63, 3.8) is 0 Å². The summed E-state index contributed by atoms with van der Waals surface area (Å²) < 4.78 is 34.4. The number of likely N-dealkylation sites (N-methyl/N-ethyl adjacent to an activating group) is 1. The van der Waals surface area contributed by atoms with E-state index in [-0.39, 0.29) is 6.04 Å². The van der Waals surface area contributed by atoms with E-state index in [9.17, 15) is 4.79 Å². The Balaban J connectivity index is 1.69. The van der Waals surface area contributed by atoms with E-state index < -0.39 is 0 Å². The number of benzene rings is 3. The number of fused-ring (bicyclic) bond motifs is 2.